The predicted octanol–water partition coefficient (Wildman–Crippen LogP) is 3.13. The standard InChI is InChI=1S/C16H24N2OS/c1-19-10-7-17-13-14-4-5-15-6-9-18(16(15)12-14)8-3-11-20-2/h4-6,9,12,17H,3,7-8,10-11,13H2,1-2H3. The summed E-state index contributed by atoms with van der Waals surface area (Å²) in [5.74, 6) is 1.22. The fraction of sp³-hybridized carbons (Fsp3) is 0.500. The number of hydrogen-bond donors (Lipinski definition) is 1. The Labute approximate surface area is 125 Å². The number of aryl methyl sites for hydroxylation is 1. The molecule has 3 nitrogen and oxygen atoms in total. The normalized spacial score (nSPS) is 11.3. The molecule has 0 aliphatic carbocycles. The van der Waals surface area contributed by atoms with Gasteiger partial charge in [-0.2, -0.15) is 11.8 Å². The lowest BCUT2D eigenvalue weighted by Crippen LogP contribution is -2.18. The van der Waals surface area contributed by atoms with Crippen LogP contribution in [0, 0.1) is 0 Å². The molecule has 0 saturated carbocycles. The summed E-state index contributed by atoms with van der Waals surface area (Å²) in [4.78, 5) is 0. The summed E-state index contributed by atoms with van der Waals surface area (Å²) in [6, 6.07) is 8.92. The first-order chi connectivity index (χ1) is 9.85. The minimum Gasteiger partial charge on any atom is -0.383 e. The second-order valence-corrected chi connectivity index (χ2v) is 5.90. The van der Waals surface area contributed by atoms with Crippen molar-refractivity contribution in [3.8, 4) is 0 Å². The largest absolute Gasteiger partial charge is 0.383 e. The summed E-state index contributed by atoms with van der Waals surface area (Å²) < 4.78 is 7.41. The molecule has 20 heavy (non-hydrogen) atoms. The monoisotopic (exact) mass is 292 g/mol. The lowest BCUT2D eigenvalue weighted by atomic mass is 10.1. The molecule has 1 heterocycles. The van der Waals surface area contributed by atoms with Crippen LogP contribution >= 0.6 is 11.8 Å². The van der Waals surface area contributed by atoms with Gasteiger partial charge < -0.3 is 14.6 Å². The number of nitrogens with one attached hydrogen (secondary N) is 1. The van der Waals surface area contributed by atoms with Crippen LogP contribution in [-0.2, 0) is 17.8 Å². The van der Waals surface area contributed by atoms with Crippen LogP contribution in [0.1, 0.15) is 12.0 Å². The molecule has 0 spiro atoms. The van der Waals surface area contributed by atoms with Crippen molar-refractivity contribution in [3.63, 3.8) is 0 Å². The van der Waals surface area contributed by atoms with Gasteiger partial charge in [-0.05, 0) is 41.5 Å². The van der Waals surface area contributed by atoms with Crippen LogP contribution in [0.15, 0.2) is 30.5 Å². The van der Waals surface area contributed by atoms with Gasteiger partial charge in [0.15, 0.2) is 0 Å². The Morgan fingerprint density at radius 3 is 3.00 bits per heavy atom. The first-order valence-electron chi connectivity index (χ1n) is 7.11. The maximum Gasteiger partial charge on any atom is 0.0587 e. The van der Waals surface area contributed by atoms with Crippen LogP contribution in [0.4, 0.5) is 0 Å². The van der Waals surface area contributed by atoms with Crippen LogP contribution in [-0.4, -0.2) is 36.8 Å². The van der Waals surface area contributed by atoms with Crippen molar-refractivity contribution in [3.05, 3.63) is 36.0 Å². The third kappa shape index (κ3) is 4.27. The van der Waals surface area contributed by atoms with Crippen molar-refractivity contribution in [2.45, 2.75) is 19.5 Å². The highest BCUT2D eigenvalue weighted by atomic mass is 32.2. The smallest absolute Gasteiger partial charge is 0.0587 e. The van der Waals surface area contributed by atoms with Gasteiger partial charge in [-0.1, -0.05) is 12.1 Å². The van der Waals surface area contributed by atoms with E-state index >= 15 is 0 Å². The van der Waals surface area contributed by atoms with Gasteiger partial charge in [0.25, 0.3) is 0 Å². The molecule has 110 valence electrons. The van der Waals surface area contributed by atoms with Crippen LogP contribution in [0.3, 0.4) is 0 Å². The number of benzene rings is 1. The summed E-state index contributed by atoms with van der Waals surface area (Å²) in [6.45, 7) is 3.65. The number of thioether (sulfide) groups is 1. The molecular weight excluding hydrogens is 268 g/mol. The van der Waals surface area contributed by atoms with E-state index in [1.54, 1.807) is 7.11 Å². The number of hydrogen-bond acceptors (Lipinski definition) is 3. The fourth-order valence-electron chi connectivity index (χ4n) is 2.32. The van der Waals surface area contributed by atoms with E-state index in [1.165, 1.54) is 28.6 Å². The number of rotatable bonds is 9. The van der Waals surface area contributed by atoms with E-state index in [0.717, 1.165) is 26.2 Å². The van der Waals surface area contributed by atoms with Crippen LogP contribution in [0.5, 0.6) is 0 Å². The Morgan fingerprint density at radius 1 is 1.30 bits per heavy atom. The summed E-state index contributed by atoms with van der Waals surface area (Å²) in [5, 5.41) is 4.72. The molecule has 0 radical (unpaired) electrons. The van der Waals surface area contributed by atoms with E-state index in [0.29, 0.717) is 0 Å². The zero-order valence-electron chi connectivity index (χ0n) is 12.4. The van der Waals surface area contributed by atoms with Gasteiger partial charge >= 0.3 is 0 Å². The highest BCUT2D eigenvalue weighted by molar-refractivity contribution is 7.98. The Kier molecular flexibility index (Phi) is 6.43. The molecule has 2 aromatic rings. The number of fused-ring (bicyclic) bond motifs is 1. The molecule has 0 amide bonds. The number of nitrogens with zero attached hydrogens (tertiary/aromatic N) is 1. The van der Waals surface area contributed by atoms with Crippen molar-refractivity contribution in [2.75, 3.05) is 32.3 Å². The molecule has 1 aromatic heterocycles. The molecule has 0 saturated heterocycles. The van der Waals surface area contributed by atoms with Gasteiger partial charge in [0.2, 0.25) is 0 Å². The Bertz CT molecular complexity index is 524. The van der Waals surface area contributed by atoms with Gasteiger partial charge in [0, 0.05) is 38.5 Å². The quantitative estimate of drug-likeness (QED) is 0.719. The molecular formula is C16H24N2OS. The van der Waals surface area contributed by atoms with E-state index < -0.39 is 0 Å². The van der Waals surface area contributed by atoms with Gasteiger partial charge in [-0.3, -0.25) is 0 Å². The molecule has 0 bridgehead atoms. The maximum atomic E-state index is 5.04. The van der Waals surface area contributed by atoms with Crippen molar-refractivity contribution < 1.29 is 4.74 Å². The Balaban J connectivity index is 2.00. The second-order valence-electron chi connectivity index (χ2n) is 4.92. The van der Waals surface area contributed by atoms with Crippen molar-refractivity contribution in [1.82, 2.24) is 9.88 Å². The topological polar surface area (TPSA) is 26.2 Å². The van der Waals surface area contributed by atoms with E-state index in [4.69, 9.17) is 4.74 Å². The summed E-state index contributed by atoms with van der Waals surface area (Å²) in [7, 11) is 1.73. The van der Waals surface area contributed by atoms with Gasteiger partial charge in [0.05, 0.1) is 6.61 Å². The maximum absolute atomic E-state index is 5.04. The molecule has 1 N–H and O–H groups in total. The second kappa shape index (κ2) is 8.35. The van der Waals surface area contributed by atoms with E-state index in [1.807, 2.05) is 11.8 Å². The van der Waals surface area contributed by atoms with Crippen LogP contribution in [0.2, 0.25) is 0 Å². The summed E-state index contributed by atoms with van der Waals surface area (Å²) >= 11 is 1.91. The third-order valence-corrected chi connectivity index (χ3v) is 4.09. The number of methoxy groups -OCH3 is 1. The van der Waals surface area contributed by atoms with Gasteiger partial charge in [0.1, 0.15) is 0 Å². The van der Waals surface area contributed by atoms with E-state index in [2.05, 4.69) is 46.6 Å². The summed E-state index contributed by atoms with van der Waals surface area (Å²) in [6.07, 6.45) is 5.59. The van der Waals surface area contributed by atoms with E-state index in [9.17, 15) is 0 Å². The average molecular weight is 292 g/mol. The molecule has 0 aliphatic heterocycles. The lowest BCUT2D eigenvalue weighted by Gasteiger charge is -2.08. The molecule has 0 unspecified atom stereocenters. The first kappa shape index (κ1) is 15.4. The SMILES string of the molecule is COCCNCc1ccc2ccn(CCCSC)c2c1. The van der Waals surface area contributed by atoms with E-state index in [-0.39, 0.29) is 0 Å². The molecule has 2 rings (SSSR count). The molecule has 0 fully saturated rings. The van der Waals surface area contributed by atoms with Crippen molar-refractivity contribution in [1.29, 1.82) is 0 Å². The lowest BCUT2D eigenvalue weighted by molar-refractivity contribution is 0.199. The number of ether oxygens (including phenoxy) is 1. The predicted molar refractivity (Wildman–Crippen MR) is 88.5 cm³/mol. The highest BCUT2D eigenvalue weighted by Gasteiger charge is 2.02. The van der Waals surface area contributed by atoms with Gasteiger partial charge in [-0.15, -0.1) is 0 Å². The molecule has 1 aromatic carbocycles. The molecule has 0 atom stereocenters. The minimum atomic E-state index is 0.757. The number of aromatic nitrogens is 1. The van der Waals surface area contributed by atoms with Gasteiger partial charge in [-0.25, -0.2) is 0 Å². The first-order valence-corrected chi connectivity index (χ1v) is 8.51. The van der Waals surface area contributed by atoms with Crippen molar-refractivity contribution >= 4 is 22.7 Å². The molecule has 4 heteroatoms. The Hall–Kier alpha value is -0.970. The fourth-order valence-corrected chi connectivity index (χ4v) is 2.74. The molecule has 0 aliphatic rings. The van der Waals surface area contributed by atoms with Crippen LogP contribution < -0.4 is 5.32 Å². The van der Waals surface area contributed by atoms with Crippen LogP contribution in [0.25, 0.3) is 10.9 Å². The highest BCUT2D eigenvalue weighted by Crippen LogP contribution is 2.18. The zero-order chi connectivity index (χ0) is 14.2. The minimum absolute atomic E-state index is 0.757. The third-order valence-electron chi connectivity index (χ3n) is 3.40. The average Bonchev–Trinajstić information content (AvgIpc) is 2.87. The van der Waals surface area contributed by atoms with Crippen molar-refractivity contribution in [2.24, 2.45) is 0 Å². The zero-order valence-corrected chi connectivity index (χ0v) is 13.2. The Morgan fingerprint density at radius 2 is 2.20 bits per heavy atom. The summed E-state index contributed by atoms with van der Waals surface area (Å²) in [5.41, 5.74) is 2.68.